The number of likely N-dealkylation sites (tertiary alicyclic amines) is 1. The van der Waals surface area contributed by atoms with Crippen molar-refractivity contribution in [1.29, 1.82) is 0 Å². The van der Waals surface area contributed by atoms with Gasteiger partial charge in [-0.3, -0.25) is 4.79 Å². The number of carboxylic acids is 1. The second-order valence-corrected chi connectivity index (χ2v) is 9.16. The Morgan fingerprint density at radius 1 is 0.969 bits per heavy atom. The zero-order valence-corrected chi connectivity index (χ0v) is 17.2. The van der Waals surface area contributed by atoms with Gasteiger partial charge in [0.05, 0.1) is 16.9 Å². The molecule has 1 aliphatic heterocycles. The van der Waals surface area contributed by atoms with Crippen molar-refractivity contribution >= 4 is 11.9 Å². The minimum Gasteiger partial charge on any atom is -0.478 e. The number of hydrogen-bond donors (Lipinski definition) is 2. The summed E-state index contributed by atoms with van der Waals surface area (Å²) in [5.74, 6) is -6.02. The number of aliphatic hydroxyl groups is 1. The SMILES string of the molecule is O=C(O)c1ccc(F)c(-c2ccc([C@@H]3C(F)(F)C34CCN(C(=O)C3(O)CC3)CC4)cc2)c1. The normalized spacial score (nSPS) is 24.2. The number of piperidine rings is 1. The number of amides is 1. The third kappa shape index (κ3) is 3.03. The van der Waals surface area contributed by atoms with E-state index in [2.05, 4.69) is 0 Å². The molecule has 5 nitrogen and oxygen atoms in total. The first-order chi connectivity index (χ1) is 15.1. The summed E-state index contributed by atoms with van der Waals surface area (Å²) < 4.78 is 44.1. The fraction of sp³-hybridized carbons (Fsp3) is 0.417. The van der Waals surface area contributed by atoms with Gasteiger partial charge in [0.25, 0.3) is 11.8 Å². The van der Waals surface area contributed by atoms with Gasteiger partial charge in [0.2, 0.25) is 0 Å². The Bertz CT molecular complexity index is 1100. The molecule has 2 aromatic rings. The summed E-state index contributed by atoms with van der Waals surface area (Å²) in [6.07, 6.45) is 1.16. The summed E-state index contributed by atoms with van der Waals surface area (Å²) in [4.78, 5) is 25.0. The number of benzene rings is 2. The molecule has 2 aliphatic carbocycles. The molecule has 8 heteroatoms. The first kappa shape index (κ1) is 21.0. The van der Waals surface area contributed by atoms with Crippen LogP contribution in [-0.4, -0.2) is 51.6 Å². The van der Waals surface area contributed by atoms with E-state index in [0.29, 0.717) is 24.0 Å². The Morgan fingerprint density at radius 2 is 1.59 bits per heavy atom. The summed E-state index contributed by atoms with van der Waals surface area (Å²) in [6, 6.07) is 9.61. The van der Waals surface area contributed by atoms with Crippen LogP contribution >= 0.6 is 0 Å². The van der Waals surface area contributed by atoms with Gasteiger partial charge in [0, 0.05) is 18.7 Å². The fourth-order valence-electron chi connectivity index (χ4n) is 5.13. The smallest absolute Gasteiger partial charge is 0.335 e. The van der Waals surface area contributed by atoms with Gasteiger partial charge >= 0.3 is 5.97 Å². The average Bonchev–Trinajstić information content (AvgIpc) is 3.63. The largest absolute Gasteiger partial charge is 0.478 e. The Kier molecular flexibility index (Phi) is 4.47. The van der Waals surface area contributed by atoms with Crippen molar-refractivity contribution < 1.29 is 33.0 Å². The monoisotopic (exact) mass is 445 g/mol. The lowest BCUT2D eigenvalue weighted by Crippen LogP contribution is -2.46. The van der Waals surface area contributed by atoms with E-state index in [-0.39, 0.29) is 43.0 Å². The molecule has 168 valence electrons. The van der Waals surface area contributed by atoms with Crippen LogP contribution in [0.3, 0.4) is 0 Å². The molecule has 0 unspecified atom stereocenters. The quantitative estimate of drug-likeness (QED) is 0.744. The molecule has 3 fully saturated rings. The van der Waals surface area contributed by atoms with Crippen LogP contribution in [0.15, 0.2) is 42.5 Å². The minimum atomic E-state index is -2.91. The van der Waals surface area contributed by atoms with Crippen LogP contribution in [-0.2, 0) is 4.79 Å². The van der Waals surface area contributed by atoms with Crippen LogP contribution < -0.4 is 0 Å². The Balaban J connectivity index is 1.34. The summed E-state index contributed by atoms with van der Waals surface area (Å²) in [5.41, 5.74) is -1.63. The molecule has 2 saturated carbocycles. The van der Waals surface area contributed by atoms with Crippen LogP contribution in [0.5, 0.6) is 0 Å². The van der Waals surface area contributed by atoms with E-state index in [0.717, 1.165) is 6.07 Å². The van der Waals surface area contributed by atoms with E-state index in [1.165, 1.54) is 29.2 Å². The molecule has 0 aromatic heterocycles. The second-order valence-electron chi connectivity index (χ2n) is 9.16. The van der Waals surface area contributed by atoms with Crippen LogP contribution in [0.2, 0.25) is 0 Å². The van der Waals surface area contributed by atoms with Crippen molar-refractivity contribution in [2.24, 2.45) is 5.41 Å². The maximum atomic E-state index is 14.9. The number of aromatic carboxylic acids is 1. The van der Waals surface area contributed by atoms with E-state index in [4.69, 9.17) is 5.11 Å². The maximum Gasteiger partial charge on any atom is 0.335 e. The lowest BCUT2D eigenvalue weighted by atomic mass is 9.87. The predicted molar refractivity (Wildman–Crippen MR) is 109 cm³/mol. The van der Waals surface area contributed by atoms with Crippen LogP contribution in [0.25, 0.3) is 11.1 Å². The summed E-state index contributed by atoms with van der Waals surface area (Å²) in [6.45, 7) is 0.386. The molecule has 3 aliphatic rings. The standard InChI is InChI=1S/C24H22F3NO4/c25-18-6-5-16(20(29)30)13-17(18)14-1-3-15(4-2-14)19-22(24(19,26)27)9-11-28(12-10-22)21(31)23(32)7-8-23/h1-6,13,19,32H,7-12H2,(H,29,30)/t19-/m0/s1. The van der Waals surface area contributed by atoms with Crippen LogP contribution in [0.1, 0.15) is 47.5 Å². The number of carbonyl (C=O) groups excluding carboxylic acids is 1. The second kappa shape index (κ2) is 6.81. The number of nitrogens with zero attached hydrogens (tertiary/aromatic N) is 1. The molecule has 1 saturated heterocycles. The molecule has 1 amide bonds. The number of halogens is 3. The lowest BCUT2D eigenvalue weighted by Gasteiger charge is -2.34. The van der Waals surface area contributed by atoms with Gasteiger partial charge in [0.15, 0.2) is 0 Å². The topological polar surface area (TPSA) is 77.8 Å². The molecular weight excluding hydrogens is 423 g/mol. The number of carboxylic acid groups (broad SMARTS) is 1. The molecule has 2 N–H and O–H groups in total. The number of rotatable bonds is 4. The fourth-order valence-corrected chi connectivity index (χ4v) is 5.13. The highest BCUT2D eigenvalue weighted by Gasteiger charge is 2.80. The molecule has 0 radical (unpaired) electrons. The summed E-state index contributed by atoms with van der Waals surface area (Å²) >= 11 is 0. The average molecular weight is 445 g/mol. The van der Waals surface area contributed by atoms with Crippen molar-refractivity contribution in [1.82, 2.24) is 4.90 Å². The van der Waals surface area contributed by atoms with Gasteiger partial charge in [-0.15, -0.1) is 0 Å². The van der Waals surface area contributed by atoms with Gasteiger partial charge in [-0.05, 0) is 55.0 Å². The molecule has 1 heterocycles. The Labute approximate surface area is 182 Å². The first-order valence-electron chi connectivity index (χ1n) is 10.6. The van der Waals surface area contributed by atoms with Crippen molar-refractivity contribution in [2.75, 3.05) is 13.1 Å². The van der Waals surface area contributed by atoms with E-state index in [1.807, 2.05) is 0 Å². The Morgan fingerprint density at radius 3 is 2.16 bits per heavy atom. The highest BCUT2D eigenvalue weighted by atomic mass is 19.3. The van der Waals surface area contributed by atoms with Crippen molar-refractivity contribution in [3.8, 4) is 11.1 Å². The zero-order valence-electron chi connectivity index (χ0n) is 17.2. The van der Waals surface area contributed by atoms with Gasteiger partial charge in [0.1, 0.15) is 11.4 Å². The number of alkyl halides is 2. The van der Waals surface area contributed by atoms with E-state index in [9.17, 15) is 27.9 Å². The Hall–Kier alpha value is -2.87. The maximum absolute atomic E-state index is 14.9. The van der Waals surface area contributed by atoms with Crippen LogP contribution in [0.4, 0.5) is 13.2 Å². The van der Waals surface area contributed by atoms with E-state index >= 15 is 0 Å². The minimum absolute atomic E-state index is 0.0599. The molecular formula is C24H22F3NO4. The van der Waals surface area contributed by atoms with Crippen molar-refractivity contribution in [3.63, 3.8) is 0 Å². The third-order valence-corrected chi connectivity index (χ3v) is 7.33. The van der Waals surface area contributed by atoms with E-state index in [1.54, 1.807) is 12.1 Å². The zero-order chi connectivity index (χ0) is 22.9. The summed E-state index contributed by atoms with van der Waals surface area (Å²) in [5, 5.41) is 19.1. The van der Waals surface area contributed by atoms with Gasteiger partial charge in [-0.25, -0.2) is 18.0 Å². The molecule has 2 aromatic carbocycles. The molecule has 1 spiro atoms. The van der Waals surface area contributed by atoms with Crippen molar-refractivity contribution in [3.05, 3.63) is 59.4 Å². The van der Waals surface area contributed by atoms with Crippen molar-refractivity contribution in [2.45, 2.75) is 43.1 Å². The van der Waals surface area contributed by atoms with Crippen LogP contribution in [0, 0.1) is 11.2 Å². The highest BCUT2D eigenvalue weighted by molar-refractivity contribution is 5.89. The molecule has 1 atom stereocenters. The highest BCUT2D eigenvalue weighted by Crippen LogP contribution is 2.75. The van der Waals surface area contributed by atoms with E-state index < -0.39 is 34.6 Å². The van der Waals surface area contributed by atoms with Gasteiger partial charge < -0.3 is 15.1 Å². The number of carbonyl (C=O) groups is 2. The lowest BCUT2D eigenvalue weighted by molar-refractivity contribution is -0.144. The third-order valence-electron chi connectivity index (χ3n) is 7.33. The number of hydrogen-bond acceptors (Lipinski definition) is 3. The van der Waals surface area contributed by atoms with Gasteiger partial charge in [-0.1, -0.05) is 24.3 Å². The molecule has 5 rings (SSSR count). The van der Waals surface area contributed by atoms with Gasteiger partial charge in [-0.2, -0.15) is 0 Å². The molecule has 0 bridgehead atoms. The summed E-state index contributed by atoms with van der Waals surface area (Å²) in [7, 11) is 0. The first-order valence-corrected chi connectivity index (χ1v) is 10.6. The predicted octanol–water partition coefficient (Wildman–Crippen LogP) is 4.06. The molecule has 32 heavy (non-hydrogen) atoms.